The molecule has 0 heterocycles. The molecular formula is C18H27N3OS. The summed E-state index contributed by atoms with van der Waals surface area (Å²) in [5.74, 6) is 0.936. The van der Waals surface area contributed by atoms with Gasteiger partial charge in [0.25, 0.3) is 0 Å². The van der Waals surface area contributed by atoms with Gasteiger partial charge in [-0.3, -0.25) is 4.72 Å². The second kappa shape index (κ2) is 8.06. The fourth-order valence-electron chi connectivity index (χ4n) is 3.67. The highest BCUT2D eigenvalue weighted by Crippen LogP contribution is 2.38. The molecular weight excluding hydrogens is 306 g/mol. The van der Waals surface area contributed by atoms with E-state index in [1.165, 1.54) is 47.0 Å². The van der Waals surface area contributed by atoms with Crippen molar-refractivity contribution in [1.29, 1.82) is 0 Å². The van der Waals surface area contributed by atoms with Crippen molar-refractivity contribution in [1.82, 2.24) is 10.0 Å². The Kier molecular flexibility index (Phi) is 5.84. The van der Waals surface area contributed by atoms with Crippen LogP contribution in [0.5, 0.6) is 0 Å². The van der Waals surface area contributed by atoms with E-state index in [9.17, 15) is 4.79 Å². The number of fused-ring (bicyclic) bond motifs is 2. The van der Waals surface area contributed by atoms with Gasteiger partial charge >= 0.3 is 6.03 Å². The molecule has 2 aliphatic rings. The van der Waals surface area contributed by atoms with Crippen LogP contribution in [-0.2, 0) is 25.7 Å². The van der Waals surface area contributed by atoms with Gasteiger partial charge in [-0.05, 0) is 92.2 Å². The number of anilines is 1. The number of benzene rings is 1. The predicted molar refractivity (Wildman–Crippen MR) is 98.3 cm³/mol. The molecule has 0 fully saturated rings. The number of amides is 2. The quantitative estimate of drug-likeness (QED) is 0.529. The van der Waals surface area contributed by atoms with Crippen LogP contribution in [0.1, 0.15) is 48.4 Å². The first-order valence-corrected chi connectivity index (χ1v) is 9.84. The van der Waals surface area contributed by atoms with E-state index < -0.39 is 0 Å². The SMILES string of the molecule is CCNCCCSNC(=O)Nc1c2c(cc3c1CCC3)CCC2. The van der Waals surface area contributed by atoms with E-state index >= 15 is 0 Å². The maximum atomic E-state index is 12.2. The third kappa shape index (κ3) is 4.01. The van der Waals surface area contributed by atoms with Crippen molar-refractivity contribution in [2.45, 2.75) is 51.9 Å². The number of carbonyl (C=O) groups is 1. The predicted octanol–water partition coefficient (Wildman–Crippen LogP) is 3.43. The lowest BCUT2D eigenvalue weighted by atomic mass is 9.99. The van der Waals surface area contributed by atoms with E-state index in [1.54, 1.807) is 0 Å². The third-order valence-corrected chi connectivity index (χ3v) is 5.55. The van der Waals surface area contributed by atoms with Crippen LogP contribution in [0.4, 0.5) is 10.5 Å². The van der Waals surface area contributed by atoms with Gasteiger partial charge in [0.15, 0.2) is 0 Å². The summed E-state index contributed by atoms with van der Waals surface area (Å²) in [6, 6.07) is 2.32. The summed E-state index contributed by atoms with van der Waals surface area (Å²) < 4.78 is 2.93. The molecule has 0 unspecified atom stereocenters. The smallest absolute Gasteiger partial charge is 0.317 e. The zero-order chi connectivity index (χ0) is 16.1. The maximum Gasteiger partial charge on any atom is 0.329 e. The van der Waals surface area contributed by atoms with Crippen molar-refractivity contribution < 1.29 is 4.79 Å². The van der Waals surface area contributed by atoms with Crippen molar-refractivity contribution in [2.24, 2.45) is 0 Å². The molecule has 0 spiro atoms. The van der Waals surface area contributed by atoms with Gasteiger partial charge in [0, 0.05) is 11.4 Å². The van der Waals surface area contributed by atoms with Gasteiger partial charge in [0.05, 0.1) is 0 Å². The Bertz CT molecular complexity index is 542. The van der Waals surface area contributed by atoms with Crippen LogP contribution in [0, 0.1) is 0 Å². The van der Waals surface area contributed by atoms with E-state index in [4.69, 9.17) is 0 Å². The zero-order valence-corrected chi connectivity index (χ0v) is 14.8. The molecule has 4 nitrogen and oxygen atoms in total. The summed E-state index contributed by atoms with van der Waals surface area (Å²) in [5, 5.41) is 6.45. The third-order valence-electron chi connectivity index (χ3n) is 4.73. The molecule has 2 amide bonds. The lowest BCUT2D eigenvalue weighted by Gasteiger charge is -2.16. The van der Waals surface area contributed by atoms with Gasteiger partial charge < -0.3 is 10.6 Å². The lowest BCUT2D eigenvalue weighted by molar-refractivity contribution is 0.257. The van der Waals surface area contributed by atoms with Crippen LogP contribution >= 0.6 is 11.9 Å². The first-order chi connectivity index (χ1) is 11.3. The summed E-state index contributed by atoms with van der Waals surface area (Å²) in [6.07, 6.45) is 8.04. The Morgan fingerprint density at radius 1 is 1.13 bits per heavy atom. The van der Waals surface area contributed by atoms with Crippen LogP contribution in [-0.4, -0.2) is 24.9 Å². The van der Waals surface area contributed by atoms with Crippen molar-refractivity contribution in [3.05, 3.63) is 28.3 Å². The number of nitrogens with one attached hydrogen (secondary N) is 3. The van der Waals surface area contributed by atoms with Crippen molar-refractivity contribution in [3.63, 3.8) is 0 Å². The Labute approximate surface area is 143 Å². The molecule has 0 saturated carbocycles. The average Bonchev–Trinajstić information content (AvgIpc) is 3.19. The summed E-state index contributed by atoms with van der Waals surface area (Å²) in [6.45, 7) is 4.12. The monoisotopic (exact) mass is 333 g/mol. The molecule has 0 saturated heterocycles. The molecule has 3 rings (SSSR count). The Morgan fingerprint density at radius 3 is 2.48 bits per heavy atom. The fourth-order valence-corrected chi connectivity index (χ4v) is 4.24. The van der Waals surface area contributed by atoms with E-state index in [0.717, 1.165) is 56.6 Å². The van der Waals surface area contributed by atoms with Crippen molar-refractivity contribution in [2.75, 3.05) is 24.2 Å². The van der Waals surface area contributed by atoms with Crippen LogP contribution in [0.25, 0.3) is 0 Å². The van der Waals surface area contributed by atoms with E-state index in [2.05, 4.69) is 28.3 Å². The minimum absolute atomic E-state index is 0.0761. The molecule has 126 valence electrons. The van der Waals surface area contributed by atoms with Gasteiger partial charge in [-0.25, -0.2) is 4.79 Å². The maximum absolute atomic E-state index is 12.2. The first kappa shape index (κ1) is 16.7. The Hall–Kier alpha value is -1.20. The molecule has 3 N–H and O–H groups in total. The Balaban J connectivity index is 1.57. The van der Waals surface area contributed by atoms with Gasteiger partial charge in [-0.2, -0.15) is 0 Å². The summed E-state index contributed by atoms with van der Waals surface area (Å²) in [7, 11) is 0. The molecule has 0 atom stereocenters. The number of urea groups is 1. The molecule has 0 aliphatic heterocycles. The number of carbonyl (C=O) groups excluding carboxylic acids is 1. The zero-order valence-electron chi connectivity index (χ0n) is 14.0. The van der Waals surface area contributed by atoms with E-state index in [0.29, 0.717) is 0 Å². The largest absolute Gasteiger partial charge is 0.329 e. The molecule has 23 heavy (non-hydrogen) atoms. The summed E-state index contributed by atoms with van der Waals surface area (Å²) in [5.41, 5.74) is 6.81. The van der Waals surface area contributed by atoms with Crippen molar-refractivity contribution >= 4 is 23.7 Å². The highest BCUT2D eigenvalue weighted by molar-refractivity contribution is 7.97. The lowest BCUT2D eigenvalue weighted by Crippen LogP contribution is -2.25. The van der Waals surface area contributed by atoms with Crippen LogP contribution in [0.2, 0.25) is 0 Å². The topological polar surface area (TPSA) is 53.2 Å². The Morgan fingerprint density at radius 2 is 1.83 bits per heavy atom. The highest BCUT2D eigenvalue weighted by Gasteiger charge is 2.24. The van der Waals surface area contributed by atoms with Crippen molar-refractivity contribution in [3.8, 4) is 0 Å². The number of hydrogen-bond acceptors (Lipinski definition) is 3. The van der Waals surface area contributed by atoms with Crippen LogP contribution in [0.3, 0.4) is 0 Å². The first-order valence-electron chi connectivity index (χ1n) is 8.85. The normalized spacial score (nSPS) is 15.3. The van der Waals surface area contributed by atoms with Gasteiger partial charge in [-0.1, -0.05) is 13.0 Å². The molecule has 0 bridgehead atoms. The fraction of sp³-hybridized carbons (Fsp3) is 0.611. The second-order valence-electron chi connectivity index (χ2n) is 6.35. The summed E-state index contributed by atoms with van der Waals surface area (Å²) >= 11 is 1.50. The minimum Gasteiger partial charge on any atom is -0.317 e. The number of hydrogen-bond donors (Lipinski definition) is 3. The van der Waals surface area contributed by atoms with Gasteiger partial charge in [0.2, 0.25) is 0 Å². The van der Waals surface area contributed by atoms with Gasteiger partial charge in [0.1, 0.15) is 0 Å². The average molecular weight is 334 g/mol. The number of rotatable bonds is 7. The summed E-state index contributed by atoms with van der Waals surface area (Å²) in [4.78, 5) is 12.2. The number of aryl methyl sites for hydroxylation is 2. The van der Waals surface area contributed by atoms with Crippen LogP contribution in [0.15, 0.2) is 6.07 Å². The van der Waals surface area contributed by atoms with Gasteiger partial charge in [-0.15, -0.1) is 0 Å². The molecule has 5 heteroatoms. The standard InChI is InChI=1S/C18H27N3OS/c1-2-19-10-5-11-23-21-18(22)20-17-15-8-3-6-13(15)12-14-7-4-9-16(14)17/h12,19H,2-11H2,1H3,(H2,20,21,22). The molecule has 0 aromatic heterocycles. The second-order valence-corrected chi connectivity index (χ2v) is 7.25. The molecule has 1 aromatic rings. The minimum atomic E-state index is -0.0761. The molecule has 0 radical (unpaired) electrons. The molecule has 2 aliphatic carbocycles. The van der Waals surface area contributed by atoms with E-state index in [1.807, 2.05) is 0 Å². The van der Waals surface area contributed by atoms with Crippen LogP contribution < -0.4 is 15.4 Å². The molecule has 1 aromatic carbocycles. The van der Waals surface area contributed by atoms with E-state index in [-0.39, 0.29) is 6.03 Å². The highest BCUT2D eigenvalue weighted by atomic mass is 32.2.